The van der Waals surface area contributed by atoms with Crippen molar-refractivity contribution in [3.63, 3.8) is 0 Å². The molecule has 1 amide bonds. The molecule has 16 heteroatoms. The number of ether oxygens (including phenoxy) is 1. The Morgan fingerprint density at radius 3 is 2.69 bits per heavy atom. The van der Waals surface area contributed by atoms with Crippen LogP contribution in [0.15, 0.2) is 18.2 Å². The highest BCUT2D eigenvalue weighted by atomic mass is 32.1. The Morgan fingerprint density at radius 2 is 2.02 bits per heavy atom. The number of nitrogens with zero attached hydrogens (tertiary/aromatic N) is 6. The van der Waals surface area contributed by atoms with Gasteiger partial charge in [-0.05, 0) is 44.0 Å². The number of carbonyl (C=O) groups is 1. The standard InChI is InChI=1S/C33H31F6N7O2S/c1-15-22(10-23(47)44(15)2)45(3)30-18-9-20(33(37,38)39)25(17-5-6-21(35)28-24(17)19(12-40)29(41)49-28)26(36)27(18)42-31(43-30)48-14-32-7-4-8-46(32)13-16(34)11-32/h5-6,9,15-16,22H,4,7-8,10-11,13-14,41H2,1-3H3/t15-,16-,22-,32+/m1/s1. The van der Waals surface area contributed by atoms with Crippen molar-refractivity contribution in [3.8, 4) is 23.2 Å². The molecule has 258 valence electrons. The average Bonchev–Trinajstić information content (AvgIpc) is 3.76. The molecular weight excluding hydrogens is 672 g/mol. The smallest absolute Gasteiger partial charge is 0.417 e. The Kier molecular flexibility index (Phi) is 7.86. The molecule has 0 bridgehead atoms. The Morgan fingerprint density at radius 1 is 1.27 bits per heavy atom. The van der Waals surface area contributed by atoms with Crippen LogP contribution in [0.4, 0.5) is 37.2 Å². The number of nitrogen functional groups attached to an aromatic ring is 1. The zero-order valence-electron chi connectivity index (χ0n) is 26.7. The quantitative estimate of drug-likeness (QED) is 0.234. The van der Waals surface area contributed by atoms with Crippen molar-refractivity contribution in [2.75, 3.05) is 44.4 Å². The van der Waals surface area contributed by atoms with Crippen molar-refractivity contribution in [2.24, 2.45) is 0 Å². The van der Waals surface area contributed by atoms with Crippen LogP contribution < -0.4 is 15.4 Å². The molecular formula is C33H31F6N7O2S. The monoisotopic (exact) mass is 703 g/mol. The number of alkyl halides is 4. The molecule has 7 rings (SSSR count). The maximum absolute atomic E-state index is 17.0. The van der Waals surface area contributed by atoms with E-state index in [1.54, 1.807) is 21.0 Å². The van der Waals surface area contributed by atoms with Gasteiger partial charge < -0.3 is 20.3 Å². The second kappa shape index (κ2) is 11.6. The van der Waals surface area contributed by atoms with Gasteiger partial charge in [-0.2, -0.15) is 28.4 Å². The van der Waals surface area contributed by atoms with E-state index in [1.807, 2.05) is 11.0 Å². The minimum Gasteiger partial charge on any atom is -0.461 e. The number of halogens is 6. The fraction of sp³-hybridized carbons (Fsp3) is 0.455. The highest BCUT2D eigenvalue weighted by Crippen LogP contribution is 2.48. The summed E-state index contributed by atoms with van der Waals surface area (Å²) in [4.78, 5) is 26.4. The number of carbonyl (C=O) groups excluding carboxylic acids is 1. The summed E-state index contributed by atoms with van der Waals surface area (Å²) in [5.74, 6) is -2.52. The van der Waals surface area contributed by atoms with Crippen LogP contribution in [0.25, 0.3) is 32.1 Å². The van der Waals surface area contributed by atoms with Gasteiger partial charge in [-0.15, -0.1) is 11.3 Å². The fourth-order valence-corrected chi connectivity index (χ4v) is 8.71. The molecule has 3 saturated heterocycles. The van der Waals surface area contributed by atoms with Crippen LogP contribution in [0, 0.1) is 23.0 Å². The highest BCUT2D eigenvalue weighted by molar-refractivity contribution is 7.23. The van der Waals surface area contributed by atoms with Gasteiger partial charge in [0, 0.05) is 55.9 Å². The van der Waals surface area contributed by atoms with Crippen LogP contribution in [0.1, 0.15) is 43.7 Å². The van der Waals surface area contributed by atoms with Crippen molar-refractivity contribution in [1.82, 2.24) is 19.8 Å². The number of fused-ring (bicyclic) bond motifs is 3. The summed E-state index contributed by atoms with van der Waals surface area (Å²) in [6.07, 6.45) is -4.45. The molecule has 0 unspecified atom stereocenters. The zero-order valence-corrected chi connectivity index (χ0v) is 27.5. The molecule has 2 aromatic carbocycles. The van der Waals surface area contributed by atoms with E-state index in [0.717, 1.165) is 24.6 Å². The van der Waals surface area contributed by atoms with Crippen LogP contribution in [-0.2, 0) is 11.0 Å². The van der Waals surface area contributed by atoms with E-state index in [0.29, 0.717) is 24.3 Å². The van der Waals surface area contributed by atoms with Crippen LogP contribution in [0.5, 0.6) is 6.01 Å². The fourth-order valence-electron chi connectivity index (χ4n) is 7.76. The molecule has 0 saturated carbocycles. The van der Waals surface area contributed by atoms with Crippen LogP contribution in [-0.4, -0.2) is 83.3 Å². The van der Waals surface area contributed by atoms with E-state index < -0.39 is 52.2 Å². The lowest BCUT2D eigenvalue weighted by molar-refractivity contribution is -0.137. The summed E-state index contributed by atoms with van der Waals surface area (Å²) in [5, 5.41) is 9.13. The first-order valence-electron chi connectivity index (χ1n) is 15.7. The normalized spacial score (nSPS) is 24.3. The van der Waals surface area contributed by atoms with E-state index in [1.165, 1.54) is 9.80 Å². The molecule has 0 radical (unpaired) electrons. The number of amides is 1. The Bertz CT molecular complexity index is 2070. The molecule has 9 nitrogen and oxygen atoms in total. The number of rotatable bonds is 6. The van der Waals surface area contributed by atoms with E-state index in [9.17, 15) is 32.0 Å². The predicted molar refractivity (Wildman–Crippen MR) is 172 cm³/mol. The number of anilines is 2. The number of likely N-dealkylation sites (N-methyl/N-ethyl adjacent to an activating group) is 2. The number of aromatic nitrogens is 2. The maximum Gasteiger partial charge on any atom is 0.417 e. The van der Waals surface area contributed by atoms with Crippen LogP contribution in [0.3, 0.4) is 0 Å². The lowest BCUT2D eigenvalue weighted by atomic mass is 9.92. The van der Waals surface area contributed by atoms with Crippen LogP contribution >= 0.6 is 11.3 Å². The second-order valence-electron chi connectivity index (χ2n) is 13.1. The maximum atomic E-state index is 17.0. The number of likely N-dealkylation sites (tertiary alicyclic amines) is 1. The average molecular weight is 704 g/mol. The topological polar surface area (TPSA) is 112 Å². The Labute approximate surface area is 280 Å². The highest BCUT2D eigenvalue weighted by Gasteiger charge is 2.49. The van der Waals surface area contributed by atoms with Gasteiger partial charge in [-0.3, -0.25) is 9.69 Å². The molecule has 5 heterocycles. The number of nitriles is 1. The Balaban J connectivity index is 1.47. The Hall–Kier alpha value is -4.36. The third kappa shape index (κ3) is 5.20. The summed E-state index contributed by atoms with van der Waals surface area (Å²) in [7, 11) is 3.17. The number of thiophene rings is 1. The SMILES string of the molecule is C[C@@H]1[C@H](N(C)c2nc(OC[C@@]34CCCN3C[C@H](F)C4)nc3c(F)c(-c4ccc(F)c5sc(N)c(C#N)c45)c(C(F)(F)F)cc23)CC(=O)N1C. The second-order valence-corrected chi connectivity index (χ2v) is 14.1. The molecule has 4 atom stereocenters. The zero-order chi connectivity index (χ0) is 35.2. The summed E-state index contributed by atoms with van der Waals surface area (Å²) < 4.78 is 97.1. The predicted octanol–water partition coefficient (Wildman–Crippen LogP) is 6.27. The van der Waals surface area contributed by atoms with Gasteiger partial charge in [0.2, 0.25) is 5.91 Å². The van der Waals surface area contributed by atoms with E-state index >= 15 is 4.39 Å². The number of benzene rings is 2. The first-order valence-corrected chi connectivity index (χ1v) is 16.5. The van der Waals surface area contributed by atoms with Gasteiger partial charge >= 0.3 is 12.2 Å². The number of hydrogen-bond acceptors (Lipinski definition) is 9. The molecule has 2 aromatic heterocycles. The lowest BCUT2D eigenvalue weighted by Gasteiger charge is -2.32. The van der Waals surface area contributed by atoms with Crippen molar-refractivity contribution in [3.05, 3.63) is 41.0 Å². The molecule has 0 spiro atoms. The first kappa shape index (κ1) is 33.2. The summed E-state index contributed by atoms with van der Waals surface area (Å²) in [6, 6.07) is 3.17. The van der Waals surface area contributed by atoms with Gasteiger partial charge in [0.05, 0.1) is 27.4 Å². The first-order chi connectivity index (χ1) is 23.1. The van der Waals surface area contributed by atoms with E-state index in [4.69, 9.17) is 10.5 Å². The molecule has 3 fully saturated rings. The molecule has 4 aromatic rings. The molecule has 2 N–H and O–H groups in total. The molecule has 0 aliphatic carbocycles. The van der Waals surface area contributed by atoms with E-state index in [-0.39, 0.29) is 81.4 Å². The molecule has 3 aliphatic rings. The van der Waals surface area contributed by atoms with Gasteiger partial charge in [0.25, 0.3) is 0 Å². The lowest BCUT2D eigenvalue weighted by Crippen LogP contribution is -2.43. The largest absolute Gasteiger partial charge is 0.461 e. The van der Waals surface area contributed by atoms with Crippen molar-refractivity contribution >= 4 is 49.1 Å². The molecule has 49 heavy (non-hydrogen) atoms. The van der Waals surface area contributed by atoms with E-state index in [2.05, 4.69) is 9.97 Å². The van der Waals surface area contributed by atoms with Crippen molar-refractivity contribution in [1.29, 1.82) is 5.26 Å². The minimum absolute atomic E-state index is 0.0303. The minimum atomic E-state index is -5.13. The summed E-state index contributed by atoms with van der Waals surface area (Å²) in [5.41, 5.74) is 1.78. The molecule has 3 aliphatic heterocycles. The van der Waals surface area contributed by atoms with Crippen molar-refractivity contribution < 1.29 is 35.9 Å². The number of hydrogen-bond donors (Lipinski definition) is 1. The van der Waals surface area contributed by atoms with Gasteiger partial charge in [0.1, 0.15) is 41.0 Å². The van der Waals surface area contributed by atoms with Gasteiger partial charge in [0.15, 0.2) is 5.82 Å². The van der Waals surface area contributed by atoms with Crippen LogP contribution in [0.2, 0.25) is 0 Å². The van der Waals surface area contributed by atoms with Gasteiger partial charge in [-0.1, -0.05) is 6.07 Å². The summed E-state index contributed by atoms with van der Waals surface area (Å²) >= 11 is 0.673. The summed E-state index contributed by atoms with van der Waals surface area (Å²) in [6.45, 7) is 2.68. The third-order valence-corrected chi connectivity index (χ3v) is 11.4. The third-order valence-electron chi connectivity index (χ3n) is 10.4. The van der Waals surface area contributed by atoms with Crippen molar-refractivity contribution in [2.45, 2.75) is 62.6 Å². The van der Waals surface area contributed by atoms with Gasteiger partial charge in [-0.25, -0.2) is 13.2 Å². The number of nitrogens with two attached hydrogens (primary N) is 1.